The second-order valence-electron chi connectivity index (χ2n) is 1.85. The van der Waals surface area contributed by atoms with Crippen molar-refractivity contribution in [1.82, 2.24) is 5.48 Å². The van der Waals surface area contributed by atoms with Crippen molar-refractivity contribution in [1.29, 1.82) is 0 Å². The topological polar surface area (TPSA) is 55.4 Å². The van der Waals surface area contributed by atoms with Gasteiger partial charge in [0.25, 0.3) is 0 Å². The molecule has 0 fully saturated rings. The number of hydroxylamine groups is 1. The minimum Gasteiger partial charge on any atom is -0.370 e. The molecule has 0 bridgehead atoms. The number of ketones is 1. The molecule has 0 radical (unpaired) electrons. The van der Waals surface area contributed by atoms with Gasteiger partial charge in [-0.25, -0.2) is 4.79 Å². The quantitative estimate of drug-likeness (QED) is 0.448. The zero-order chi connectivity index (χ0) is 7.98. The van der Waals surface area contributed by atoms with E-state index in [0.29, 0.717) is 6.54 Å². The number of rotatable bonds is 4. The van der Waals surface area contributed by atoms with Gasteiger partial charge in [0.05, 0.1) is 0 Å². The van der Waals surface area contributed by atoms with Gasteiger partial charge in [0.15, 0.2) is 0 Å². The molecule has 0 aromatic heterocycles. The lowest BCUT2D eigenvalue weighted by atomic mass is 10.3. The third-order valence-corrected chi connectivity index (χ3v) is 0.724. The molecule has 10 heavy (non-hydrogen) atoms. The fourth-order valence-electron chi connectivity index (χ4n) is 0.392. The zero-order valence-electron chi connectivity index (χ0n) is 6.14. The normalized spacial score (nSPS) is 9.00. The molecule has 0 atom stereocenters. The summed E-state index contributed by atoms with van der Waals surface area (Å²) in [5, 5.41) is 0. The summed E-state index contributed by atoms with van der Waals surface area (Å²) in [5.74, 6) is -0.725. The van der Waals surface area contributed by atoms with Gasteiger partial charge in [-0.1, -0.05) is 0 Å². The zero-order valence-corrected chi connectivity index (χ0v) is 6.14. The lowest BCUT2D eigenvalue weighted by Gasteiger charge is -1.99. The summed E-state index contributed by atoms with van der Waals surface area (Å²) in [6, 6.07) is 0. The molecule has 0 aliphatic heterocycles. The number of nitrogens with one attached hydrogen (secondary N) is 1. The average Bonchev–Trinajstić information content (AvgIpc) is 1.82. The van der Waals surface area contributed by atoms with E-state index in [0.717, 1.165) is 0 Å². The Labute approximate surface area is 59.5 Å². The van der Waals surface area contributed by atoms with Gasteiger partial charge in [0.1, 0.15) is 12.2 Å². The van der Waals surface area contributed by atoms with Gasteiger partial charge >= 0.3 is 5.97 Å². The highest BCUT2D eigenvalue weighted by molar-refractivity contribution is 5.93. The lowest BCUT2D eigenvalue weighted by molar-refractivity contribution is -0.152. The van der Waals surface area contributed by atoms with Crippen molar-refractivity contribution in [2.45, 2.75) is 20.3 Å². The molecule has 0 rings (SSSR count). The molecule has 0 saturated heterocycles. The lowest BCUT2D eigenvalue weighted by Crippen LogP contribution is -2.20. The number of carbonyl (C=O) groups is 2. The number of hydrogen-bond acceptors (Lipinski definition) is 4. The number of Topliss-reactive ketones (excluding diaryl/α,β-unsaturated/α-hetero) is 1. The Kier molecular flexibility index (Phi) is 4.49. The Balaban J connectivity index is 3.35. The first-order valence-electron chi connectivity index (χ1n) is 3.08. The fourth-order valence-corrected chi connectivity index (χ4v) is 0.392. The molecule has 0 spiro atoms. The summed E-state index contributed by atoms with van der Waals surface area (Å²) >= 11 is 0. The maximum Gasteiger partial charge on any atom is 0.332 e. The molecule has 0 heterocycles. The summed E-state index contributed by atoms with van der Waals surface area (Å²) in [6.45, 7) is 3.68. The Bertz CT molecular complexity index is 133. The van der Waals surface area contributed by atoms with Gasteiger partial charge in [0.2, 0.25) is 0 Å². The van der Waals surface area contributed by atoms with Crippen LogP contribution in [-0.2, 0) is 14.4 Å². The Morgan fingerprint density at radius 3 is 2.50 bits per heavy atom. The SMILES string of the molecule is CCNOC(=O)CC(C)=O. The van der Waals surface area contributed by atoms with Crippen LogP contribution in [0.2, 0.25) is 0 Å². The second-order valence-corrected chi connectivity index (χ2v) is 1.85. The fraction of sp³-hybridized carbons (Fsp3) is 0.667. The Morgan fingerprint density at radius 1 is 1.50 bits per heavy atom. The standard InChI is InChI=1S/C6H11NO3/c1-3-7-10-6(9)4-5(2)8/h7H,3-4H2,1-2H3. The first-order valence-corrected chi connectivity index (χ1v) is 3.08. The van der Waals surface area contributed by atoms with Crippen LogP contribution in [0.4, 0.5) is 0 Å². The van der Waals surface area contributed by atoms with E-state index in [4.69, 9.17) is 0 Å². The molecule has 0 amide bonds. The molecule has 4 heteroatoms. The highest BCUT2D eigenvalue weighted by atomic mass is 16.7. The Morgan fingerprint density at radius 2 is 2.10 bits per heavy atom. The van der Waals surface area contributed by atoms with Crippen molar-refractivity contribution in [3.05, 3.63) is 0 Å². The van der Waals surface area contributed by atoms with Gasteiger partial charge < -0.3 is 4.84 Å². The van der Waals surface area contributed by atoms with Gasteiger partial charge in [0, 0.05) is 6.54 Å². The minimum absolute atomic E-state index is 0.160. The van der Waals surface area contributed by atoms with Crippen LogP contribution in [0.15, 0.2) is 0 Å². The minimum atomic E-state index is -0.533. The van der Waals surface area contributed by atoms with Gasteiger partial charge in [-0.05, 0) is 13.8 Å². The summed E-state index contributed by atoms with van der Waals surface area (Å²) in [7, 11) is 0. The van der Waals surface area contributed by atoms with E-state index in [1.165, 1.54) is 6.92 Å². The maximum absolute atomic E-state index is 10.5. The number of carbonyl (C=O) groups excluding carboxylic acids is 2. The highest BCUT2D eigenvalue weighted by Crippen LogP contribution is 1.83. The molecule has 4 nitrogen and oxygen atoms in total. The van der Waals surface area contributed by atoms with Crippen LogP contribution < -0.4 is 5.48 Å². The summed E-state index contributed by atoms with van der Waals surface area (Å²) in [5.41, 5.74) is 2.35. The van der Waals surface area contributed by atoms with Crippen LogP contribution in [0.3, 0.4) is 0 Å². The van der Waals surface area contributed by atoms with Gasteiger partial charge in [-0.3, -0.25) is 4.79 Å². The van der Waals surface area contributed by atoms with Crippen LogP contribution in [0, 0.1) is 0 Å². The average molecular weight is 145 g/mol. The largest absolute Gasteiger partial charge is 0.370 e. The predicted octanol–water partition coefficient (Wildman–Crippen LogP) is 0.0332. The van der Waals surface area contributed by atoms with Crippen molar-refractivity contribution >= 4 is 11.8 Å². The molecule has 0 aromatic carbocycles. The van der Waals surface area contributed by atoms with E-state index in [9.17, 15) is 9.59 Å². The molecule has 58 valence electrons. The van der Waals surface area contributed by atoms with Crippen LogP contribution in [0.25, 0.3) is 0 Å². The van der Waals surface area contributed by atoms with E-state index in [-0.39, 0.29) is 12.2 Å². The maximum atomic E-state index is 10.5. The third kappa shape index (κ3) is 5.24. The molecule has 1 N–H and O–H groups in total. The van der Waals surface area contributed by atoms with Crippen molar-refractivity contribution in [2.24, 2.45) is 0 Å². The van der Waals surface area contributed by atoms with Crippen molar-refractivity contribution in [2.75, 3.05) is 6.54 Å². The van der Waals surface area contributed by atoms with E-state index in [2.05, 4.69) is 10.3 Å². The summed E-state index contributed by atoms with van der Waals surface area (Å²) in [4.78, 5) is 25.2. The molecular formula is C6H11NO3. The monoisotopic (exact) mass is 145 g/mol. The van der Waals surface area contributed by atoms with Gasteiger partial charge in [-0.15, -0.1) is 0 Å². The Hall–Kier alpha value is -0.900. The van der Waals surface area contributed by atoms with Crippen LogP contribution in [0.1, 0.15) is 20.3 Å². The molecule has 0 aromatic rings. The summed E-state index contributed by atoms with van der Waals surface area (Å²) in [6.07, 6.45) is -0.160. The third-order valence-electron chi connectivity index (χ3n) is 0.724. The van der Waals surface area contributed by atoms with Crippen molar-refractivity contribution < 1.29 is 14.4 Å². The van der Waals surface area contributed by atoms with E-state index in [1.807, 2.05) is 0 Å². The summed E-state index contributed by atoms with van der Waals surface area (Å²) < 4.78 is 0. The van der Waals surface area contributed by atoms with E-state index in [1.54, 1.807) is 6.92 Å². The second kappa shape index (κ2) is 4.93. The van der Waals surface area contributed by atoms with E-state index >= 15 is 0 Å². The smallest absolute Gasteiger partial charge is 0.332 e. The van der Waals surface area contributed by atoms with Crippen molar-refractivity contribution in [3.63, 3.8) is 0 Å². The molecule has 0 saturated carbocycles. The first-order chi connectivity index (χ1) is 4.66. The molecule has 0 unspecified atom stereocenters. The first kappa shape index (κ1) is 9.10. The molecule has 0 aliphatic rings. The predicted molar refractivity (Wildman–Crippen MR) is 35.1 cm³/mol. The molecular weight excluding hydrogens is 134 g/mol. The van der Waals surface area contributed by atoms with Crippen molar-refractivity contribution in [3.8, 4) is 0 Å². The van der Waals surface area contributed by atoms with Crippen LogP contribution in [0.5, 0.6) is 0 Å². The molecule has 0 aliphatic carbocycles. The number of hydrogen-bond donors (Lipinski definition) is 1. The van der Waals surface area contributed by atoms with E-state index < -0.39 is 5.97 Å². The van der Waals surface area contributed by atoms with Gasteiger partial charge in [-0.2, -0.15) is 5.48 Å². The van der Waals surface area contributed by atoms with Crippen LogP contribution in [-0.4, -0.2) is 18.3 Å². The van der Waals surface area contributed by atoms with Crippen LogP contribution >= 0.6 is 0 Å². The highest BCUT2D eigenvalue weighted by Gasteiger charge is 2.04.